The van der Waals surface area contributed by atoms with Gasteiger partial charge in [0, 0.05) is 38.6 Å². The quantitative estimate of drug-likeness (QED) is 0.808. The zero-order chi connectivity index (χ0) is 13.0. The molecule has 0 aliphatic carbocycles. The number of nitrogens with zero attached hydrogens (tertiary/aromatic N) is 2. The second kappa shape index (κ2) is 5.54. The van der Waals surface area contributed by atoms with Crippen molar-refractivity contribution in [3.8, 4) is 5.69 Å². The minimum Gasteiger partial charge on any atom is -0.349 e. The van der Waals surface area contributed by atoms with Gasteiger partial charge < -0.3 is 9.47 Å². The molecule has 1 heterocycles. The van der Waals surface area contributed by atoms with Gasteiger partial charge in [-0.3, -0.25) is 4.79 Å². The predicted octanol–water partition coefficient (Wildman–Crippen LogP) is 2.50. The van der Waals surface area contributed by atoms with Crippen molar-refractivity contribution < 1.29 is 4.79 Å². The maximum atomic E-state index is 11.5. The first-order valence-electron chi connectivity index (χ1n) is 6.09. The summed E-state index contributed by atoms with van der Waals surface area (Å²) < 4.78 is 2.06. The van der Waals surface area contributed by atoms with Gasteiger partial charge in [0.15, 0.2) is 0 Å². The SMILES string of the molecule is CN(C)C(=O)CCc1ccc(-n2cccc2)cc1. The molecule has 3 heteroatoms. The number of hydrogen-bond donors (Lipinski definition) is 0. The summed E-state index contributed by atoms with van der Waals surface area (Å²) in [6, 6.07) is 12.3. The van der Waals surface area contributed by atoms with Crippen molar-refractivity contribution in [3.63, 3.8) is 0 Å². The van der Waals surface area contributed by atoms with E-state index < -0.39 is 0 Å². The van der Waals surface area contributed by atoms with E-state index in [1.165, 1.54) is 5.56 Å². The molecule has 0 N–H and O–H groups in total. The average molecular weight is 242 g/mol. The highest BCUT2D eigenvalue weighted by Crippen LogP contribution is 2.11. The van der Waals surface area contributed by atoms with Gasteiger partial charge in [0.05, 0.1) is 0 Å². The summed E-state index contributed by atoms with van der Waals surface area (Å²) in [4.78, 5) is 13.1. The van der Waals surface area contributed by atoms with Crippen LogP contribution in [-0.2, 0) is 11.2 Å². The van der Waals surface area contributed by atoms with Crippen LogP contribution in [0.4, 0.5) is 0 Å². The van der Waals surface area contributed by atoms with Crippen LogP contribution in [0.1, 0.15) is 12.0 Å². The lowest BCUT2D eigenvalue weighted by Crippen LogP contribution is -2.21. The molecule has 3 nitrogen and oxygen atoms in total. The van der Waals surface area contributed by atoms with Crippen LogP contribution in [0.2, 0.25) is 0 Å². The number of carbonyl (C=O) groups is 1. The summed E-state index contributed by atoms with van der Waals surface area (Å²) in [6.07, 6.45) is 5.40. The van der Waals surface area contributed by atoms with Crippen LogP contribution in [0, 0.1) is 0 Å². The highest BCUT2D eigenvalue weighted by atomic mass is 16.2. The van der Waals surface area contributed by atoms with Gasteiger partial charge in [-0.15, -0.1) is 0 Å². The van der Waals surface area contributed by atoms with Crippen LogP contribution in [0.25, 0.3) is 5.69 Å². The van der Waals surface area contributed by atoms with E-state index in [2.05, 4.69) is 28.8 Å². The van der Waals surface area contributed by atoms with Gasteiger partial charge in [0.1, 0.15) is 0 Å². The highest BCUT2D eigenvalue weighted by molar-refractivity contribution is 5.75. The molecular formula is C15H18N2O. The molecular weight excluding hydrogens is 224 g/mol. The smallest absolute Gasteiger partial charge is 0.222 e. The zero-order valence-electron chi connectivity index (χ0n) is 10.8. The summed E-state index contributed by atoms with van der Waals surface area (Å²) in [6.45, 7) is 0. The summed E-state index contributed by atoms with van der Waals surface area (Å²) in [7, 11) is 3.58. The van der Waals surface area contributed by atoms with Crippen LogP contribution < -0.4 is 0 Å². The molecule has 0 unspecified atom stereocenters. The Kier molecular flexibility index (Phi) is 3.82. The molecule has 0 aliphatic heterocycles. The third-order valence-electron chi connectivity index (χ3n) is 2.97. The fraction of sp³-hybridized carbons (Fsp3) is 0.267. The molecule has 1 aromatic heterocycles. The summed E-state index contributed by atoms with van der Waals surface area (Å²) in [5.74, 6) is 0.171. The normalized spacial score (nSPS) is 10.3. The molecule has 94 valence electrons. The molecule has 2 rings (SSSR count). The summed E-state index contributed by atoms with van der Waals surface area (Å²) in [5, 5.41) is 0. The van der Waals surface area contributed by atoms with Gasteiger partial charge in [-0.05, 0) is 36.2 Å². The number of carbonyl (C=O) groups excluding carboxylic acids is 1. The van der Waals surface area contributed by atoms with Crippen LogP contribution in [0.5, 0.6) is 0 Å². The Balaban J connectivity index is 1.98. The lowest BCUT2D eigenvalue weighted by molar-refractivity contribution is -0.128. The minimum atomic E-state index is 0.171. The number of aromatic nitrogens is 1. The van der Waals surface area contributed by atoms with E-state index in [0.717, 1.165) is 12.1 Å². The van der Waals surface area contributed by atoms with Gasteiger partial charge in [0.25, 0.3) is 0 Å². The number of amides is 1. The lowest BCUT2D eigenvalue weighted by atomic mass is 10.1. The second-order valence-electron chi connectivity index (χ2n) is 4.54. The van der Waals surface area contributed by atoms with Gasteiger partial charge >= 0.3 is 0 Å². The fourth-order valence-electron chi connectivity index (χ4n) is 1.82. The number of aryl methyl sites for hydroxylation is 1. The van der Waals surface area contributed by atoms with Crippen molar-refractivity contribution in [1.82, 2.24) is 9.47 Å². The van der Waals surface area contributed by atoms with Crippen LogP contribution >= 0.6 is 0 Å². The second-order valence-corrected chi connectivity index (χ2v) is 4.54. The topological polar surface area (TPSA) is 25.2 Å². The van der Waals surface area contributed by atoms with Gasteiger partial charge in [0.2, 0.25) is 5.91 Å². The van der Waals surface area contributed by atoms with Gasteiger partial charge in [-0.25, -0.2) is 0 Å². The Morgan fingerprint density at radius 3 is 2.28 bits per heavy atom. The standard InChI is InChI=1S/C15H18N2O/c1-16(2)15(18)10-7-13-5-8-14(9-6-13)17-11-3-4-12-17/h3-6,8-9,11-12H,7,10H2,1-2H3. The maximum Gasteiger partial charge on any atom is 0.222 e. The first-order chi connectivity index (χ1) is 8.66. The van der Waals surface area contributed by atoms with E-state index in [4.69, 9.17) is 0 Å². The average Bonchev–Trinajstić information content (AvgIpc) is 2.90. The molecule has 0 atom stereocenters. The van der Waals surface area contributed by atoms with Crippen LogP contribution in [0.15, 0.2) is 48.8 Å². The Morgan fingerprint density at radius 1 is 1.11 bits per heavy atom. The zero-order valence-corrected chi connectivity index (χ0v) is 10.8. The van der Waals surface area contributed by atoms with E-state index in [0.29, 0.717) is 6.42 Å². The first kappa shape index (κ1) is 12.4. The summed E-state index contributed by atoms with van der Waals surface area (Å²) in [5.41, 5.74) is 2.34. The monoisotopic (exact) mass is 242 g/mol. The minimum absolute atomic E-state index is 0.171. The molecule has 0 aliphatic rings. The van der Waals surface area contributed by atoms with E-state index in [-0.39, 0.29) is 5.91 Å². The van der Waals surface area contributed by atoms with Crippen molar-refractivity contribution in [1.29, 1.82) is 0 Å². The van der Waals surface area contributed by atoms with E-state index in [9.17, 15) is 4.79 Å². The molecule has 1 aromatic carbocycles. The molecule has 0 saturated heterocycles. The van der Waals surface area contributed by atoms with E-state index >= 15 is 0 Å². The van der Waals surface area contributed by atoms with Crippen molar-refractivity contribution >= 4 is 5.91 Å². The molecule has 0 radical (unpaired) electrons. The predicted molar refractivity (Wildman–Crippen MR) is 72.8 cm³/mol. The van der Waals surface area contributed by atoms with Crippen molar-refractivity contribution in [2.75, 3.05) is 14.1 Å². The molecule has 18 heavy (non-hydrogen) atoms. The van der Waals surface area contributed by atoms with Crippen molar-refractivity contribution in [2.45, 2.75) is 12.8 Å². The number of benzene rings is 1. The molecule has 2 aromatic rings. The Morgan fingerprint density at radius 2 is 1.72 bits per heavy atom. The maximum absolute atomic E-state index is 11.5. The Hall–Kier alpha value is -2.03. The molecule has 0 saturated carbocycles. The molecule has 0 fully saturated rings. The van der Waals surface area contributed by atoms with Crippen molar-refractivity contribution in [3.05, 3.63) is 54.4 Å². The Labute approximate surface area is 108 Å². The third kappa shape index (κ3) is 3.00. The lowest BCUT2D eigenvalue weighted by Gasteiger charge is -2.10. The molecule has 0 bridgehead atoms. The largest absolute Gasteiger partial charge is 0.349 e. The van der Waals surface area contributed by atoms with Crippen LogP contribution in [0.3, 0.4) is 0 Å². The fourth-order valence-corrected chi connectivity index (χ4v) is 1.82. The summed E-state index contributed by atoms with van der Waals surface area (Å²) >= 11 is 0. The van der Waals surface area contributed by atoms with E-state index in [1.807, 2.05) is 24.5 Å². The van der Waals surface area contributed by atoms with Crippen molar-refractivity contribution in [2.24, 2.45) is 0 Å². The highest BCUT2D eigenvalue weighted by Gasteiger charge is 2.04. The van der Waals surface area contributed by atoms with E-state index in [1.54, 1.807) is 19.0 Å². The Bertz CT molecular complexity index is 498. The molecule has 1 amide bonds. The molecule has 0 spiro atoms. The van der Waals surface area contributed by atoms with Crippen LogP contribution in [-0.4, -0.2) is 29.5 Å². The third-order valence-corrected chi connectivity index (χ3v) is 2.97. The number of hydrogen-bond acceptors (Lipinski definition) is 1. The van der Waals surface area contributed by atoms with Gasteiger partial charge in [-0.2, -0.15) is 0 Å². The number of rotatable bonds is 4. The van der Waals surface area contributed by atoms with Gasteiger partial charge in [-0.1, -0.05) is 12.1 Å². The first-order valence-corrected chi connectivity index (χ1v) is 6.09.